The zero-order chi connectivity index (χ0) is 19.5. The summed E-state index contributed by atoms with van der Waals surface area (Å²) in [6.07, 6.45) is 0. The van der Waals surface area contributed by atoms with Crippen molar-refractivity contribution in [2.24, 2.45) is 0 Å². The SMILES string of the molecule is Nc1cc(NC(=O)C(Cl)CS(=O)(=O)c2ccccc2)ccc1S(=O)(=O)O. The van der Waals surface area contributed by atoms with Gasteiger partial charge in [0.05, 0.1) is 16.3 Å². The number of halogens is 1. The van der Waals surface area contributed by atoms with Crippen molar-refractivity contribution in [1.29, 1.82) is 0 Å². The van der Waals surface area contributed by atoms with Crippen molar-refractivity contribution in [3.05, 3.63) is 48.5 Å². The molecule has 11 heteroatoms. The minimum absolute atomic E-state index is 0.0419. The van der Waals surface area contributed by atoms with Crippen molar-refractivity contribution in [1.82, 2.24) is 0 Å². The third-order valence-electron chi connectivity index (χ3n) is 3.31. The number of nitrogens with two attached hydrogens (primary N) is 1. The molecule has 0 aromatic heterocycles. The lowest BCUT2D eigenvalue weighted by Crippen LogP contribution is -2.30. The molecule has 0 aliphatic rings. The van der Waals surface area contributed by atoms with Crippen molar-refractivity contribution in [3.63, 3.8) is 0 Å². The van der Waals surface area contributed by atoms with Crippen LogP contribution in [0.15, 0.2) is 58.3 Å². The maximum atomic E-state index is 12.2. The first-order valence-electron chi connectivity index (χ1n) is 7.10. The Hall–Kier alpha value is -2.14. The Bertz CT molecular complexity index is 1020. The quantitative estimate of drug-likeness (QED) is 0.366. The molecule has 0 heterocycles. The summed E-state index contributed by atoms with van der Waals surface area (Å²) in [5.41, 5.74) is 5.33. The molecule has 2 aromatic carbocycles. The molecular weight excluding hydrogens is 404 g/mol. The molecule has 2 aromatic rings. The molecule has 0 spiro atoms. The van der Waals surface area contributed by atoms with Gasteiger partial charge in [-0.1, -0.05) is 18.2 Å². The van der Waals surface area contributed by atoms with Crippen molar-refractivity contribution >= 4 is 48.8 Å². The molecule has 1 atom stereocenters. The highest BCUT2D eigenvalue weighted by Gasteiger charge is 2.25. The minimum Gasteiger partial charge on any atom is -0.398 e. The van der Waals surface area contributed by atoms with Gasteiger partial charge in [-0.15, -0.1) is 11.6 Å². The largest absolute Gasteiger partial charge is 0.398 e. The summed E-state index contributed by atoms with van der Waals surface area (Å²) in [5.74, 6) is -1.42. The van der Waals surface area contributed by atoms with Crippen LogP contribution in [0.5, 0.6) is 0 Å². The van der Waals surface area contributed by atoms with Crippen LogP contribution >= 0.6 is 11.6 Å². The summed E-state index contributed by atoms with van der Waals surface area (Å²) in [4.78, 5) is 11.6. The van der Waals surface area contributed by atoms with E-state index in [0.717, 1.165) is 12.1 Å². The molecule has 0 aliphatic carbocycles. The summed E-state index contributed by atoms with van der Waals surface area (Å²) in [5, 5.41) is 0.957. The summed E-state index contributed by atoms with van der Waals surface area (Å²) in [6.45, 7) is 0. The fourth-order valence-electron chi connectivity index (χ4n) is 2.07. The van der Waals surface area contributed by atoms with E-state index in [-0.39, 0.29) is 16.3 Å². The van der Waals surface area contributed by atoms with E-state index in [2.05, 4.69) is 5.32 Å². The third kappa shape index (κ3) is 4.94. The zero-order valence-corrected chi connectivity index (χ0v) is 15.6. The molecule has 0 radical (unpaired) electrons. The highest BCUT2D eigenvalue weighted by Crippen LogP contribution is 2.23. The molecule has 0 saturated heterocycles. The summed E-state index contributed by atoms with van der Waals surface area (Å²) < 4.78 is 55.6. The Balaban J connectivity index is 2.11. The first-order valence-corrected chi connectivity index (χ1v) is 10.6. The summed E-state index contributed by atoms with van der Waals surface area (Å²) >= 11 is 5.90. The fraction of sp³-hybridized carbons (Fsp3) is 0.133. The molecule has 26 heavy (non-hydrogen) atoms. The van der Waals surface area contributed by atoms with Crippen LogP contribution in [0.25, 0.3) is 0 Å². The number of hydrogen-bond donors (Lipinski definition) is 3. The first-order chi connectivity index (χ1) is 12.0. The fourth-order valence-corrected chi connectivity index (χ4v) is 4.52. The van der Waals surface area contributed by atoms with E-state index in [1.807, 2.05) is 0 Å². The van der Waals surface area contributed by atoms with Crippen LogP contribution in [0.1, 0.15) is 0 Å². The van der Waals surface area contributed by atoms with Crippen LogP contribution in [0, 0.1) is 0 Å². The van der Waals surface area contributed by atoms with Gasteiger partial charge in [-0.2, -0.15) is 8.42 Å². The van der Waals surface area contributed by atoms with E-state index in [1.54, 1.807) is 18.2 Å². The maximum Gasteiger partial charge on any atom is 0.296 e. The highest BCUT2D eigenvalue weighted by molar-refractivity contribution is 7.91. The van der Waals surface area contributed by atoms with Crippen LogP contribution in [0.2, 0.25) is 0 Å². The number of benzene rings is 2. The Morgan fingerprint density at radius 1 is 1.12 bits per heavy atom. The average molecular weight is 419 g/mol. The number of amides is 1. The van der Waals surface area contributed by atoms with Gasteiger partial charge in [0.15, 0.2) is 9.84 Å². The lowest BCUT2D eigenvalue weighted by atomic mass is 10.2. The van der Waals surface area contributed by atoms with E-state index >= 15 is 0 Å². The van der Waals surface area contributed by atoms with Crippen LogP contribution < -0.4 is 11.1 Å². The van der Waals surface area contributed by atoms with E-state index in [1.165, 1.54) is 18.2 Å². The van der Waals surface area contributed by atoms with Gasteiger partial charge >= 0.3 is 0 Å². The van der Waals surface area contributed by atoms with Gasteiger partial charge in [0.25, 0.3) is 10.1 Å². The Kier molecular flexibility index (Phi) is 5.91. The Labute approximate surface area is 155 Å². The molecule has 0 bridgehead atoms. The van der Waals surface area contributed by atoms with E-state index in [0.29, 0.717) is 0 Å². The molecule has 2 rings (SSSR count). The van der Waals surface area contributed by atoms with Crippen LogP contribution in [0.3, 0.4) is 0 Å². The second kappa shape index (κ2) is 7.62. The summed E-state index contributed by atoms with van der Waals surface area (Å²) in [7, 11) is -8.25. The lowest BCUT2D eigenvalue weighted by molar-refractivity contribution is -0.115. The predicted molar refractivity (Wildman–Crippen MR) is 97.4 cm³/mol. The van der Waals surface area contributed by atoms with Gasteiger partial charge in [-0.05, 0) is 30.3 Å². The molecule has 4 N–H and O–H groups in total. The molecule has 1 amide bonds. The van der Waals surface area contributed by atoms with E-state index in [4.69, 9.17) is 21.9 Å². The first kappa shape index (κ1) is 20.2. The second-order valence-corrected chi connectivity index (χ2v) is 9.23. The van der Waals surface area contributed by atoms with Gasteiger partial charge in [-0.3, -0.25) is 9.35 Å². The molecule has 1 unspecified atom stereocenters. The van der Waals surface area contributed by atoms with Gasteiger partial charge < -0.3 is 11.1 Å². The number of alkyl halides is 1. The molecule has 0 aliphatic heterocycles. The van der Waals surface area contributed by atoms with Gasteiger partial charge in [0.2, 0.25) is 5.91 Å². The smallest absolute Gasteiger partial charge is 0.296 e. The molecule has 0 saturated carbocycles. The highest BCUT2D eigenvalue weighted by atomic mass is 35.5. The van der Waals surface area contributed by atoms with Gasteiger partial charge in [-0.25, -0.2) is 8.42 Å². The number of carbonyl (C=O) groups excluding carboxylic acids is 1. The van der Waals surface area contributed by atoms with Crippen LogP contribution in [0.4, 0.5) is 11.4 Å². The zero-order valence-electron chi connectivity index (χ0n) is 13.2. The predicted octanol–water partition coefficient (Wildman–Crippen LogP) is 1.54. The molecule has 8 nitrogen and oxygen atoms in total. The normalized spacial score (nSPS) is 13.2. The second-order valence-electron chi connectivity index (χ2n) is 5.28. The Morgan fingerprint density at radius 3 is 2.27 bits per heavy atom. The average Bonchev–Trinajstić information content (AvgIpc) is 2.54. The minimum atomic E-state index is -4.49. The number of anilines is 2. The van der Waals surface area contributed by atoms with E-state index in [9.17, 15) is 21.6 Å². The standard InChI is InChI=1S/C15H15ClN2O6S2/c16-12(9-25(20,21)11-4-2-1-3-5-11)15(19)18-10-6-7-14(13(17)8-10)26(22,23)24/h1-8,12H,9,17H2,(H,18,19)(H,22,23,24). The number of nitrogen functional groups attached to an aromatic ring is 1. The van der Waals surface area contributed by atoms with Crippen LogP contribution in [-0.2, 0) is 24.7 Å². The number of sulfone groups is 1. The molecular formula is C15H15ClN2O6S2. The number of nitrogens with one attached hydrogen (secondary N) is 1. The van der Waals surface area contributed by atoms with Crippen LogP contribution in [-0.4, -0.2) is 38.4 Å². The number of rotatable bonds is 6. The van der Waals surface area contributed by atoms with Crippen molar-refractivity contribution in [2.45, 2.75) is 15.2 Å². The number of carbonyl (C=O) groups is 1. The van der Waals surface area contributed by atoms with E-state index < -0.39 is 41.9 Å². The topological polar surface area (TPSA) is 144 Å². The summed E-state index contributed by atoms with van der Waals surface area (Å²) in [6, 6.07) is 10.8. The maximum absolute atomic E-state index is 12.2. The molecule has 0 fully saturated rings. The van der Waals surface area contributed by atoms with Crippen molar-refractivity contribution < 1.29 is 26.2 Å². The van der Waals surface area contributed by atoms with Gasteiger partial charge in [0, 0.05) is 5.69 Å². The van der Waals surface area contributed by atoms with Crippen molar-refractivity contribution in [3.8, 4) is 0 Å². The van der Waals surface area contributed by atoms with Crippen molar-refractivity contribution in [2.75, 3.05) is 16.8 Å². The Morgan fingerprint density at radius 2 is 1.73 bits per heavy atom. The third-order valence-corrected chi connectivity index (χ3v) is 6.53. The van der Waals surface area contributed by atoms with Gasteiger partial charge in [0.1, 0.15) is 10.3 Å². The lowest BCUT2D eigenvalue weighted by Gasteiger charge is -2.12. The molecule has 140 valence electrons. The monoisotopic (exact) mass is 418 g/mol. The number of hydrogen-bond acceptors (Lipinski definition) is 6.